The van der Waals surface area contributed by atoms with E-state index in [0.717, 1.165) is 23.9 Å². The minimum Gasteiger partial charge on any atom is -0.495 e. The van der Waals surface area contributed by atoms with Gasteiger partial charge in [-0.2, -0.15) is 0 Å². The van der Waals surface area contributed by atoms with Gasteiger partial charge in [-0.05, 0) is 37.6 Å². The Kier molecular flexibility index (Phi) is 6.10. The maximum atomic E-state index is 5.46. The van der Waals surface area contributed by atoms with Crippen molar-refractivity contribution < 1.29 is 4.74 Å². The molecule has 0 atom stereocenters. The fraction of sp³-hybridized carbons (Fsp3) is 0.556. The van der Waals surface area contributed by atoms with Gasteiger partial charge in [0.25, 0.3) is 0 Å². The maximum absolute atomic E-state index is 5.46. The number of hydrogen-bond acceptors (Lipinski definition) is 3. The van der Waals surface area contributed by atoms with Gasteiger partial charge < -0.3 is 10.5 Å². The molecule has 2 N–H and O–H groups in total. The average Bonchev–Trinajstić information content (AvgIpc) is 2.54. The molecule has 114 valence electrons. The lowest BCUT2D eigenvalue weighted by molar-refractivity contribution is 0.184. The Morgan fingerprint density at radius 1 is 1.29 bits per heavy atom. The van der Waals surface area contributed by atoms with E-state index in [1.807, 2.05) is 6.07 Å². The normalized spacial score (nSPS) is 15.6. The summed E-state index contributed by atoms with van der Waals surface area (Å²) in [6, 6.07) is 6.98. The SMILES string of the molecule is COc1ccc(CN(C)C2CCCCC2)cc1C#CCN. The predicted octanol–water partition coefficient (Wildman–Crippen LogP) is 2.77. The van der Waals surface area contributed by atoms with Crippen LogP contribution >= 0.6 is 0 Å². The van der Waals surface area contributed by atoms with Crippen molar-refractivity contribution >= 4 is 0 Å². The zero-order chi connectivity index (χ0) is 15.1. The van der Waals surface area contributed by atoms with Crippen LogP contribution in [0.4, 0.5) is 0 Å². The topological polar surface area (TPSA) is 38.5 Å². The van der Waals surface area contributed by atoms with Crippen molar-refractivity contribution in [3.8, 4) is 17.6 Å². The second-order valence-corrected chi connectivity index (χ2v) is 5.75. The van der Waals surface area contributed by atoms with E-state index in [0.29, 0.717) is 6.54 Å². The summed E-state index contributed by atoms with van der Waals surface area (Å²) in [7, 11) is 3.90. The summed E-state index contributed by atoms with van der Waals surface area (Å²) in [6.45, 7) is 1.33. The van der Waals surface area contributed by atoms with Crippen LogP contribution in [-0.2, 0) is 6.54 Å². The summed E-state index contributed by atoms with van der Waals surface area (Å²) < 4.78 is 5.36. The van der Waals surface area contributed by atoms with Crippen molar-refractivity contribution in [3.05, 3.63) is 29.3 Å². The van der Waals surface area contributed by atoms with E-state index in [1.165, 1.54) is 37.7 Å². The molecule has 0 amide bonds. The highest BCUT2D eigenvalue weighted by Crippen LogP contribution is 2.24. The zero-order valence-electron chi connectivity index (χ0n) is 13.2. The number of rotatable bonds is 4. The highest BCUT2D eigenvalue weighted by atomic mass is 16.5. The van der Waals surface area contributed by atoms with Gasteiger partial charge in [0, 0.05) is 12.6 Å². The molecule has 2 rings (SSSR count). The Morgan fingerprint density at radius 2 is 2.05 bits per heavy atom. The Bertz CT molecular complexity index is 510. The molecule has 0 spiro atoms. The van der Waals surface area contributed by atoms with Gasteiger partial charge in [-0.15, -0.1) is 0 Å². The first-order chi connectivity index (χ1) is 10.2. The molecule has 1 aromatic rings. The van der Waals surface area contributed by atoms with Crippen LogP contribution in [-0.4, -0.2) is 31.6 Å². The minimum atomic E-state index is 0.370. The molecule has 1 saturated carbocycles. The van der Waals surface area contributed by atoms with E-state index in [4.69, 9.17) is 10.5 Å². The molecule has 0 aliphatic heterocycles. The molecular formula is C18H26N2O. The van der Waals surface area contributed by atoms with Crippen LogP contribution in [0.3, 0.4) is 0 Å². The summed E-state index contributed by atoms with van der Waals surface area (Å²) >= 11 is 0. The first-order valence-corrected chi connectivity index (χ1v) is 7.80. The van der Waals surface area contributed by atoms with Crippen molar-refractivity contribution in [3.63, 3.8) is 0 Å². The summed E-state index contributed by atoms with van der Waals surface area (Å²) in [5.74, 6) is 6.83. The quantitative estimate of drug-likeness (QED) is 0.865. The Balaban J connectivity index is 2.08. The number of methoxy groups -OCH3 is 1. The summed E-state index contributed by atoms with van der Waals surface area (Å²) in [4.78, 5) is 2.47. The third kappa shape index (κ3) is 4.49. The van der Waals surface area contributed by atoms with Crippen molar-refractivity contribution in [1.82, 2.24) is 4.90 Å². The van der Waals surface area contributed by atoms with Gasteiger partial charge in [0.1, 0.15) is 5.75 Å². The van der Waals surface area contributed by atoms with Gasteiger partial charge in [0.2, 0.25) is 0 Å². The van der Waals surface area contributed by atoms with Gasteiger partial charge >= 0.3 is 0 Å². The standard InChI is InChI=1S/C18H26N2O/c1-20(17-8-4-3-5-9-17)14-15-10-11-18(21-2)16(13-15)7-6-12-19/h10-11,13,17H,3-5,8-9,12,14,19H2,1-2H3. The van der Waals surface area contributed by atoms with Gasteiger partial charge in [-0.1, -0.05) is 37.2 Å². The van der Waals surface area contributed by atoms with Crippen molar-refractivity contribution in [2.45, 2.75) is 44.7 Å². The van der Waals surface area contributed by atoms with Crippen molar-refractivity contribution in [2.24, 2.45) is 5.73 Å². The Morgan fingerprint density at radius 3 is 2.71 bits per heavy atom. The molecular weight excluding hydrogens is 260 g/mol. The molecule has 0 saturated heterocycles. The van der Waals surface area contributed by atoms with E-state index in [1.54, 1.807) is 7.11 Å². The lowest BCUT2D eigenvalue weighted by Crippen LogP contribution is -2.32. The zero-order valence-corrected chi connectivity index (χ0v) is 13.2. The van der Waals surface area contributed by atoms with Gasteiger partial charge in [0.15, 0.2) is 0 Å². The molecule has 3 nitrogen and oxygen atoms in total. The minimum absolute atomic E-state index is 0.370. The van der Waals surface area contributed by atoms with E-state index in [-0.39, 0.29) is 0 Å². The monoisotopic (exact) mass is 286 g/mol. The van der Waals surface area contributed by atoms with E-state index in [2.05, 4.69) is 35.9 Å². The van der Waals surface area contributed by atoms with E-state index in [9.17, 15) is 0 Å². The van der Waals surface area contributed by atoms with E-state index >= 15 is 0 Å². The van der Waals surface area contributed by atoms with Gasteiger partial charge in [-0.3, -0.25) is 4.90 Å². The molecule has 0 unspecified atom stereocenters. The van der Waals surface area contributed by atoms with Crippen LogP contribution in [0.1, 0.15) is 43.2 Å². The van der Waals surface area contributed by atoms with Crippen LogP contribution in [0.15, 0.2) is 18.2 Å². The number of nitrogens with two attached hydrogens (primary N) is 1. The summed E-state index contributed by atoms with van der Waals surface area (Å²) in [5, 5.41) is 0. The first-order valence-electron chi connectivity index (χ1n) is 7.80. The summed E-state index contributed by atoms with van der Waals surface area (Å²) in [5.41, 5.74) is 7.67. The molecule has 0 radical (unpaired) electrons. The lowest BCUT2D eigenvalue weighted by atomic mass is 9.94. The molecule has 21 heavy (non-hydrogen) atoms. The number of hydrogen-bond donors (Lipinski definition) is 1. The Labute approximate surface area is 128 Å². The number of nitrogens with zero attached hydrogens (tertiary/aromatic N) is 1. The fourth-order valence-corrected chi connectivity index (χ4v) is 3.04. The number of benzene rings is 1. The molecule has 1 aliphatic carbocycles. The van der Waals surface area contributed by atoms with Crippen LogP contribution in [0, 0.1) is 11.8 Å². The molecule has 0 heterocycles. The fourth-order valence-electron chi connectivity index (χ4n) is 3.04. The van der Waals surface area contributed by atoms with Crippen LogP contribution in [0.5, 0.6) is 5.75 Å². The molecule has 0 aromatic heterocycles. The molecule has 1 aliphatic rings. The second kappa shape index (κ2) is 8.07. The van der Waals surface area contributed by atoms with Crippen LogP contribution < -0.4 is 10.5 Å². The maximum Gasteiger partial charge on any atom is 0.134 e. The van der Waals surface area contributed by atoms with Gasteiger partial charge in [0.05, 0.1) is 19.2 Å². The van der Waals surface area contributed by atoms with E-state index < -0.39 is 0 Å². The summed E-state index contributed by atoms with van der Waals surface area (Å²) in [6.07, 6.45) is 6.78. The predicted molar refractivity (Wildman–Crippen MR) is 87.3 cm³/mol. The highest BCUT2D eigenvalue weighted by Gasteiger charge is 2.18. The molecule has 0 bridgehead atoms. The van der Waals surface area contributed by atoms with Crippen LogP contribution in [0.2, 0.25) is 0 Å². The molecule has 1 fully saturated rings. The molecule has 1 aromatic carbocycles. The van der Waals surface area contributed by atoms with Crippen molar-refractivity contribution in [2.75, 3.05) is 20.7 Å². The van der Waals surface area contributed by atoms with Crippen LogP contribution in [0.25, 0.3) is 0 Å². The van der Waals surface area contributed by atoms with Crippen molar-refractivity contribution in [1.29, 1.82) is 0 Å². The molecule has 3 heteroatoms. The largest absolute Gasteiger partial charge is 0.495 e. The Hall–Kier alpha value is -1.50. The lowest BCUT2D eigenvalue weighted by Gasteiger charge is -2.31. The first kappa shape index (κ1) is 15.9. The average molecular weight is 286 g/mol. The smallest absolute Gasteiger partial charge is 0.134 e. The number of ether oxygens (including phenoxy) is 1. The third-order valence-electron chi connectivity index (χ3n) is 4.22. The second-order valence-electron chi connectivity index (χ2n) is 5.75. The highest BCUT2D eigenvalue weighted by molar-refractivity contribution is 5.48. The van der Waals surface area contributed by atoms with Gasteiger partial charge in [-0.25, -0.2) is 0 Å². The third-order valence-corrected chi connectivity index (χ3v) is 4.22.